The van der Waals surface area contributed by atoms with Crippen molar-refractivity contribution in [2.75, 3.05) is 13.2 Å². The lowest BCUT2D eigenvalue weighted by Gasteiger charge is -2.20. The largest absolute Gasteiger partial charge is 0.395 e. The van der Waals surface area contributed by atoms with Gasteiger partial charge >= 0.3 is 0 Å². The molecule has 0 saturated heterocycles. The van der Waals surface area contributed by atoms with Crippen molar-refractivity contribution in [3.8, 4) is 11.3 Å². The summed E-state index contributed by atoms with van der Waals surface area (Å²) in [5, 5.41) is 16.5. The SMILES string of the molecule is Cc1cccc(-c2[nH]ncc2CN(CCO)C2CC2)c1. The van der Waals surface area contributed by atoms with E-state index in [0.717, 1.165) is 18.8 Å². The van der Waals surface area contributed by atoms with E-state index in [4.69, 9.17) is 0 Å². The second kappa shape index (κ2) is 5.77. The summed E-state index contributed by atoms with van der Waals surface area (Å²) in [4.78, 5) is 2.35. The van der Waals surface area contributed by atoms with Crippen LogP contribution in [-0.4, -0.2) is 39.4 Å². The molecular formula is C16H21N3O. The Balaban J connectivity index is 1.82. The van der Waals surface area contributed by atoms with Gasteiger partial charge in [-0.1, -0.05) is 23.8 Å². The number of aliphatic hydroxyl groups is 1. The van der Waals surface area contributed by atoms with Crippen molar-refractivity contribution >= 4 is 0 Å². The Hall–Kier alpha value is -1.65. The number of aromatic amines is 1. The molecule has 0 bridgehead atoms. The van der Waals surface area contributed by atoms with Gasteiger partial charge in [0.05, 0.1) is 18.5 Å². The van der Waals surface area contributed by atoms with Gasteiger partial charge in [-0.05, 0) is 25.8 Å². The molecule has 1 heterocycles. The van der Waals surface area contributed by atoms with Gasteiger partial charge in [-0.15, -0.1) is 0 Å². The number of aromatic nitrogens is 2. The standard InChI is InChI=1S/C16H21N3O/c1-12-3-2-4-13(9-12)16-14(10-17-18-16)11-19(7-8-20)15-5-6-15/h2-4,9-10,15,20H,5-8,11H2,1H3,(H,17,18). The van der Waals surface area contributed by atoms with Crippen molar-refractivity contribution in [2.45, 2.75) is 32.4 Å². The van der Waals surface area contributed by atoms with Gasteiger partial charge in [0.2, 0.25) is 0 Å². The first-order chi connectivity index (χ1) is 9.78. The first-order valence-corrected chi connectivity index (χ1v) is 7.22. The van der Waals surface area contributed by atoms with Crippen LogP contribution in [0.15, 0.2) is 30.5 Å². The zero-order valence-electron chi connectivity index (χ0n) is 11.8. The highest BCUT2D eigenvalue weighted by atomic mass is 16.3. The quantitative estimate of drug-likeness (QED) is 0.848. The second-order valence-corrected chi connectivity index (χ2v) is 5.56. The summed E-state index contributed by atoms with van der Waals surface area (Å²) in [6.45, 7) is 3.91. The molecule has 0 unspecified atom stereocenters. The van der Waals surface area contributed by atoms with Crippen molar-refractivity contribution in [2.24, 2.45) is 0 Å². The van der Waals surface area contributed by atoms with Crippen molar-refractivity contribution in [3.63, 3.8) is 0 Å². The third-order valence-corrected chi connectivity index (χ3v) is 3.85. The summed E-state index contributed by atoms with van der Waals surface area (Å²) in [7, 11) is 0. The molecule has 1 aromatic heterocycles. The van der Waals surface area contributed by atoms with E-state index in [1.165, 1.54) is 29.5 Å². The Labute approximate surface area is 119 Å². The molecule has 1 fully saturated rings. The molecule has 1 saturated carbocycles. The topological polar surface area (TPSA) is 52.2 Å². The molecule has 1 aliphatic carbocycles. The monoisotopic (exact) mass is 271 g/mol. The molecule has 0 atom stereocenters. The maximum absolute atomic E-state index is 9.20. The third kappa shape index (κ3) is 2.92. The minimum Gasteiger partial charge on any atom is -0.395 e. The fourth-order valence-corrected chi connectivity index (χ4v) is 2.66. The van der Waals surface area contributed by atoms with Crippen LogP contribution in [0.1, 0.15) is 24.0 Å². The summed E-state index contributed by atoms with van der Waals surface area (Å²) in [6.07, 6.45) is 4.40. The zero-order chi connectivity index (χ0) is 13.9. The van der Waals surface area contributed by atoms with Gasteiger partial charge < -0.3 is 5.11 Å². The van der Waals surface area contributed by atoms with Gasteiger partial charge in [0.25, 0.3) is 0 Å². The molecule has 4 heteroatoms. The lowest BCUT2D eigenvalue weighted by atomic mass is 10.1. The van der Waals surface area contributed by atoms with Gasteiger partial charge in [0.15, 0.2) is 0 Å². The lowest BCUT2D eigenvalue weighted by molar-refractivity contribution is 0.183. The van der Waals surface area contributed by atoms with Crippen LogP contribution < -0.4 is 0 Å². The minimum atomic E-state index is 0.216. The molecule has 0 spiro atoms. The number of aryl methyl sites for hydroxylation is 1. The van der Waals surface area contributed by atoms with Crippen molar-refractivity contribution in [1.29, 1.82) is 0 Å². The average molecular weight is 271 g/mol. The minimum absolute atomic E-state index is 0.216. The summed E-state index contributed by atoms with van der Waals surface area (Å²) in [5.41, 5.74) is 4.72. The third-order valence-electron chi connectivity index (χ3n) is 3.85. The van der Waals surface area contributed by atoms with Gasteiger partial charge in [-0.2, -0.15) is 5.10 Å². The van der Waals surface area contributed by atoms with Gasteiger partial charge in [0.1, 0.15) is 0 Å². The van der Waals surface area contributed by atoms with E-state index in [1.807, 2.05) is 6.20 Å². The van der Waals surface area contributed by atoms with E-state index in [0.29, 0.717) is 6.04 Å². The van der Waals surface area contributed by atoms with Crippen LogP contribution in [0, 0.1) is 6.92 Å². The Morgan fingerprint density at radius 1 is 1.40 bits per heavy atom. The molecule has 20 heavy (non-hydrogen) atoms. The molecule has 3 rings (SSSR count). The van der Waals surface area contributed by atoms with E-state index in [9.17, 15) is 5.11 Å². The van der Waals surface area contributed by atoms with E-state index in [2.05, 4.69) is 46.3 Å². The maximum Gasteiger partial charge on any atom is 0.0695 e. The first kappa shape index (κ1) is 13.3. The average Bonchev–Trinajstić information content (AvgIpc) is 3.18. The summed E-state index contributed by atoms with van der Waals surface area (Å²) in [6, 6.07) is 9.09. The Kier molecular flexibility index (Phi) is 3.85. The van der Waals surface area contributed by atoms with Crippen LogP contribution >= 0.6 is 0 Å². The molecule has 0 amide bonds. The number of nitrogens with zero attached hydrogens (tertiary/aromatic N) is 2. The summed E-state index contributed by atoms with van der Waals surface area (Å²) < 4.78 is 0. The normalized spacial score (nSPS) is 14.9. The number of hydrogen-bond acceptors (Lipinski definition) is 3. The fraction of sp³-hybridized carbons (Fsp3) is 0.438. The Morgan fingerprint density at radius 2 is 2.25 bits per heavy atom. The molecule has 4 nitrogen and oxygen atoms in total. The number of benzene rings is 1. The number of rotatable bonds is 6. The van der Waals surface area contributed by atoms with E-state index in [1.54, 1.807) is 0 Å². The van der Waals surface area contributed by atoms with Gasteiger partial charge in [-0.25, -0.2) is 0 Å². The molecule has 2 aromatic rings. The van der Waals surface area contributed by atoms with Crippen molar-refractivity contribution in [1.82, 2.24) is 15.1 Å². The number of nitrogens with one attached hydrogen (secondary N) is 1. The van der Waals surface area contributed by atoms with E-state index >= 15 is 0 Å². The predicted molar refractivity (Wildman–Crippen MR) is 79.3 cm³/mol. The van der Waals surface area contributed by atoms with Gasteiger partial charge in [0, 0.05) is 30.3 Å². The molecule has 1 aromatic carbocycles. The highest BCUT2D eigenvalue weighted by Gasteiger charge is 2.29. The van der Waals surface area contributed by atoms with E-state index in [-0.39, 0.29) is 6.61 Å². The van der Waals surface area contributed by atoms with Crippen LogP contribution in [0.5, 0.6) is 0 Å². The maximum atomic E-state index is 9.20. The molecular weight excluding hydrogens is 250 g/mol. The van der Waals surface area contributed by atoms with Crippen LogP contribution in [0.25, 0.3) is 11.3 Å². The first-order valence-electron chi connectivity index (χ1n) is 7.22. The molecule has 0 aliphatic heterocycles. The Morgan fingerprint density at radius 3 is 2.95 bits per heavy atom. The molecule has 1 aliphatic rings. The van der Waals surface area contributed by atoms with Crippen molar-refractivity contribution in [3.05, 3.63) is 41.6 Å². The highest BCUT2D eigenvalue weighted by molar-refractivity contribution is 5.63. The zero-order valence-corrected chi connectivity index (χ0v) is 11.8. The highest BCUT2D eigenvalue weighted by Crippen LogP contribution is 2.30. The smallest absolute Gasteiger partial charge is 0.0695 e. The van der Waals surface area contributed by atoms with Crippen LogP contribution in [0.3, 0.4) is 0 Å². The van der Waals surface area contributed by atoms with Gasteiger partial charge in [-0.3, -0.25) is 10.00 Å². The predicted octanol–water partition coefficient (Wildman–Crippen LogP) is 2.34. The summed E-state index contributed by atoms with van der Waals surface area (Å²) in [5.74, 6) is 0. The fourth-order valence-electron chi connectivity index (χ4n) is 2.66. The molecule has 2 N–H and O–H groups in total. The number of aliphatic hydroxyl groups excluding tert-OH is 1. The lowest BCUT2D eigenvalue weighted by Crippen LogP contribution is -2.28. The van der Waals surface area contributed by atoms with Crippen LogP contribution in [-0.2, 0) is 6.54 Å². The number of hydrogen-bond donors (Lipinski definition) is 2. The second-order valence-electron chi connectivity index (χ2n) is 5.56. The van der Waals surface area contributed by atoms with Crippen LogP contribution in [0.4, 0.5) is 0 Å². The number of H-pyrrole nitrogens is 1. The molecule has 0 radical (unpaired) electrons. The van der Waals surface area contributed by atoms with E-state index < -0.39 is 0 Å². The molecule has 106 valence electrons. The van der Waals surface area contributed by atoms with Crippen LogP contribution in [0.2, 0.25) is 0 Å². The van der Waals surface area contributed by atoms with Crippen molar-refractivity contribution < 1.29 is 5.11 Å². The summed E-state index contributed by atoms with van der Waals surface area (Å²) >= 11 is 0. The Bertz CT molecular complexity index is 575.